The lowest BCUT2D eigenvalue weighted by Crippen LogP contribution is -2.46. The standard InChI is InChI=1S/C15H30N4.HI/c1-12-4-6-14(7-5-12)18-15(16-2)17-10-13-8-9-19(3)11-13;/h12-14H,4-11H2,1-3H3,(H2,16,17,18);1H. The van der Waals surface area contributed by atoms with Crippen LogP contribution in [-0.4, -0.2) is 50.6 Å². The van der Waals surface area contributed by atoms with E-state index in [9.17, 15) is 0 Å². The highest BCUT2D eigenvalue weighted by Crippen LogP contribution is 2.23. The zero-order valence-corrected chi connectivity index (χ0v) is 15.5. The third-order valence-electron chi connectivity index (χ3n) is 4.63. The summed E-state index contributed by atoms with van der Waals surface area (Å²) in [6.45, 7) is 5.86. The van der Waals surface area contributed by atoms with Crippen molar-refractivity contribution in [3.63, 3.8) is 0 Å². The van der Waals surface area contributed by atoms with Crippen LogP contribution < -0.4 is 10.6 Å². The van der Waals surface area contributed by atoms with Gasteiger partial charge in [0.1, 0.15) is 0 Å². The molecule has 1 atom stereocenters. The summed E-state index contributed by atoms with van der Waals surface area (Å²) >= 11 is 0. The molecule has 0 aromatic rings. The molecule has 0 aromatic heterocycles. The molecule has 2 aliphatic rings. The average molecular weight is 394 g/mol. The predicted octanol–water partition coefficient (Wildman–Crippen LogP) is 2.30. The first-order chi connectivity index (χ1) is 9.17. The lowest BCUT2D eigenvalue weighted by atomic mass is 9.87. The van der Waals surface area contributed by atoms with E-state index in [2.05, 4.69) is 34.5 Å². The van der Waals surface area contributed by atoms with E-state index in [0.717, 1.165) is 24.3 Å². The highest BCUT2D eigenvalue weighted by Gasteiger charge is 2.21. The number of hydrogen-bond donors (Lipinski definition) is 2. The average Bonchev–Trinajstić information content (AvgIpc) is 2.82. The zero-order valence-electron chi connectivity index (χ0n) is 13.2. The molecule has 1 heterocycles. The molecule has 20 heavy (non-hydrogen) atoms. The molecule has 1 aliphatic heterocycles. The first-order valence-electron chi connectivity index (χ1n) is 7.83. The van der Waals surface area contributed by atoms with Crippen molar-refractivity contribution >= 4 is 29.9 Å². The van der Waals surface area contributed by atoms with Crippen molar-refractivity contribution < 1.29 is 0 Å². The molecule has 1 saturated carbocycles. The molecule has 2 rings (SSSR count). The monoisotopic (exact) mass is 394 g/mol. The van der Waals surface area contributed by atoms with Crippen LogP contribution in [0.15, 0.2) is 4.99 Å². The number of likely N-dealkylation sites (tertiary alicyclic amines) is 1. The summed E-state index contributed by atoms with van der Waals surface area (Å²) in [4.78, 5) is 6.77. The molecule has 2 N–H and O–H groups in total. The third-order valence-corrected chi connectivity index (χ3v) is 4.63. The minimum Gasteiger partial charge on any atom is -0.356 e. The Bertz CT molecular complexity index is 300. The van der Waals surface area contributed by atoms with E-state index in [-0.39, 0.29) is 24.0 Å². The van der Waals surface area contributed by atoms with E-state index in [1.165, 1.54) is 45.2 Å². The summed E-state index contributed by atoms with van der Waals surface area (Å²) < 4.78 is 0. The van der Waals surface area contributed by atoms with E-state index < -0.39 is 0 Å². The van der Waals surface area contributed by atoms with Gasteiger partial charge in [-0.15, -0.1) is 24.0 Å². The summed E-state index contributed by atoms with van der Waals surface area (Å²) in [6, 6.07) is 0.619. The van der Waals surface area contributed by atoms with Crippen LogP contribution in [-0.2, 0) is 0 Å². The maximum absolute atomic E-state index is 4.36. The maximum atomic E-state index is 4.36. The summed E-state index contributed by atoms with van der Waals surface area (Å²) in [5.41, 5.74) is 0. The molecular formula is C15H31IN4. The largest absolute Gasteiger partial charge is 0.356 e. The molecule has 118 valence electrons. The first kappa shape index (κ1) is 18.0. The van der Waals surface area contributed by atoms with Gasteiger partial charge >= 0.3 is 0 Å². The van der Waals surface area contributed by atoms with Crippen molar-refractivity contribution in [1.29, 1.82) is 0 Å². The first-order valence-corrected chi connectivity index (χ1v) is 7.83. The quantitative estimate of drug-likeness (QED) is 0.439. The van der Waals surface area contributed by atoms with E-state index in [1.807, 2.05) is 7.05 Å². The summed E-state index contributed by atoms with van der Waals surface area (Å²) in [7, 11) is 4.08. The van der Waals surface area contributed by atoms with E-state index in [0.29, 0.717) is 6.04 Å². The Labute approximate surface area is 141 Å². The summed E-state index contributed by atoms with van der Waals surface area (Å²) in [5, 5.41) is 7.09. The molecule has 0 aromatic carbocycles. The predicted molar refractivity (Wildman–Crippen MR) is 96.9 cm³/mol. The van der Waals surface area contributed by atoms with Gasteiger partial charge in [0.15, 0.2) is 5.96 Å². The lowest BCUT2D eigenvalue weighted by molar-refractivity contribution is 0.328. The van der Waals surface area contributed by atoms with Gasteiger partial charge in [0.05, 0.1) is 0 Å². The lowest BCUT2D eigenvalue weighted by Gasteiger charge is -2.28. The van der Waals surface area contributed by atoms with E-state index in [4.69, 9.17) is 0 Å². The SMILES string of the molecule is CN=C(NCC1CCN(C)C1)NC1CCC(C)CC1.I. The van der Waals surface area contributed by atoms with Crippen LogP contribution >= 0.6 is 24.0 Å². The fourth-order valence-corrected chi connectivity index (χ4v) is 3.23. The number of aliphatic imine (C=N–C) groups is 1. The minimum absolute atomic E-state index is 0. The van der Waals surface area contributed by atoms with Crippen molar-refractivity contribution in [3.8, 4) is 0 Å². The Morgan fingerprint density at radius 1 is 1.20 bits per heavy atom. The van der Waals surface area contributed by atoms with Gasteiger partial charge in [-0.3, -0.25) is 4.99 Å². The molecule has 0 spiro atoms. The number of nitrogens with one attached hydrogen (secondary N) is 2. The van der Waals surface area contributed by atoms with Crippen molar-refractivity contribution in [2.75, 3.05) is 33.7 Å². The second-order valence-corrected chi connectivity index (χ2v) is 6.47. The summed E-state index contributed by atoms with van der Waals surface area (Å²) in [5.74, 6) is 2.67. The highest BCUT2D eigenvalue weighted by atomic mass is 127. The second kappa shape index (κ2) is 9.07. The molecule has 5 heteroatoms. The van der Waals surface area contributed by atoms with Crippen LogP contribution in [0.1, 0.15) is 39.0 Å². The van der Waals surface area contributed by atoms with Crippen LogP contribution in [0.3, 0.4) is 0 Å². The van der Waals surface area contributed by atoms with Crippen molar-refractivity contribution in [2.24, 2.45) is 16.8 Å². The highest BCUT2D eigenvalue weighted by molar-refractivity contribution is 14.0. The Morgan fingerprint density at radius 2 is 1.90 bits per heavy atom. The molecule has 0 amide bonds. The second-order valence-electron chi connectivity index (χ2n) is 6.47. The van der Waals surface area contributed by atoms with Gasteiger partial charge < -0.3 is 15.5 Å². The van der Waals surface area contributed by atoms with Crippen LogP contribution in [0.4, 0.5) is 0 Å². The Hall–Kier alpha value is -0.0400. The molecule has 1 saturated heterocycles. The van der Waals surface area contributed by atoms with Crippen LogP contribution in [0.5, 0.6) is 0 Å². The van der Waals surface area contributed by atoms with Gasteiger partial charge in [-0.25, -0.2) is 0 Å². The van der Waals surface area contributed by atoms with Crippen molar-refractivity contribution in [1.82, 2.24) is 15.5 Å². The number of guanidine groups is 1. The maximum Gasteiger partial charge on any atom is 0.191 e. The molecule has 0 radical (unpaired) electrons. The molecule has 1 unspecified atom stereocenters. The van der Waals surface area contributed by atoms with Gasteiger partial charge in [-0.05, 0) is 57.5 Å². The van der Waals surface area contributed by atoms with Crippen LogP contribution in [0.2, 0.25) is 0 Å². The third kappa shape index (κ3) is 5.76. The summed E-state index contributed by atoms with van der Waals surface area (Å²) in [6.07, 6.45) is 6.58. The fraction of sp³-hybridized carbons (Fsp3) is 0.933. The van der Waals surface area contributed by atoms with Crippen LogP contribution in [0, 0.1) is 11.8 Å². The van der Waals surface area contributed by atoms with Gasteiger partial charge in [0, 0.05) is 26.2 Å². The zero-order chi connectivity index (χ0) is 13.7. The van der Waals surface area contributed by atoms with E-state index >= 15 is 0 Å². The van der Waals surface area contributed by atoms with Crippen molar-refractivity contribution in [2.45, 2.75) is 45.1 Å². The normalized spacial score (nSPS) is 31.8. The molecule has 0 bridgehead atoms. The Morgan fingerprint density at radius 3 is 2.45 bits per heavy atom. The number of hydrogen-bond acceptors (Lipinski definition) is 2. The van der Waals surface area contributed by atoms with Gasteiger partial charge in [-0.2, -0.15) is 0 Å². The van der Waals surface area contributed by atoms with Gasteiger partial charge in [0.2, 0.25) is 0 Å². The van der Waals surface area contributed by atoms with Crippen LogP contribution in [0.25, 0.3) is 0 Å². The van der Waals surface area contributed by atoms with Gasteiger partial charge in [-0.1, -0.05) is 6.92 Å². The molecule has 2 fully saturated rings. The van der Waals surface area contributed by atoms with E-state index in [1.54, 1.807) is 0 Å². The molecular weight excluding hydrogens is 363 g/mol. The number of nitrogens with zero attached hydrogens (tertiary/aromatic N) is 2. The van der Waals surface area contributed by atoms with Crippen molar-refractivity contribution in [3.05, 3.63) is 0 Å². The molecule has 1 aliphatic carbocycles. The minimum atomic E-state index is 0. The molecule has 4 nitrogen and oxygen atoms in total. The number of rotatable bonds is 3. The van der Waals surface area contributed by atoms with Gasteiger partial charge in [0.25, 0.3) is 0 Å². The topological polar surface area (TPSA) is 39.7 Å². The smallest absolute Gasteiger partial charge is 0.191 e. The Kier molecular flexibility index (Phi) is 8.17. The number of halogens is 1. The fourth-order valence-electron chi connectivity index (χ4n) is 3.23. The Balaban J connectivity index is 0.00000200.